The SMILES string of the molecule is CC(C)(C)ONC1=CCC(CC(C#N)(C#N)CCC(F)(F)F)CC1. The van der Waals surface area contributed by atoms with Gasteiger partial charge in [0, 0.05) is 12.1 Å². The minimum atomic E-state index is -4.35. The van der Waals surface area contributed by atoms with E-state index in [1.165, 1.54) is 0 Å². The molecule has 0 radical (unpaired) electrons. The third-order valence-corrected chi connectivity index (χ3v) is 3.91. The van der Waals surface area contributed by atoms with Crippen molar-refractivity contribution in [3.8, 4) is 12.1 Å². The fourth-order valence-electron chi connectivity index (χ4n) is 2.56. The lowest BCUT2D eigenvalue weighted by Gasteiger charge is -2.29. The number of nitrogens with one attached hydrogen (secondary N) is 1. The summed E-state index contributed by atoms with van der Waals surface area (Å²) in [5.41, 5.74) is 1.93. The molecule has 4 nitrogen and oxygen atoms in total. The molecule has 0 heterocycles. The molecule has 0 aromatic heterocycles. The number of nitriles is 2. The molecule has 0 aliphatic heterocycles. The number of hydrogen-bond acceptors (Lipinski definition) is 4. The quantitative estimate of drug-likeness (QED) is 0.706. The number of hydrogen-bond donors (Lipinski definition) is 1. The molecular formula is C17H24F3N3O. The van der Waals surface area contributed by atoms with Crippen LogP contribution in [0.4, 0.5) is 13.2 Å². The van der Waals surface area contributed by atoms with Crippen molar-refractivity contribution in [1.29, 1.82) is 10.5 Å². The largest absolute Gasteiger partial charge is 0.389 e. The molecule has 1 unspecified atom stereocenters. The van der Waals surface area contributed by atoms with E-state index in [0.717, 1.165) is 5.70 Å². The van der Waals surface area contributed by atoms with Crippen LogP contribution in [0.3, 0.4) is 0 Å². The topological polar surface area (TPSA) is 68.8 Å². The lowest BCUT2D eigenvalue weighted by Crippen LogP contribution is -2.30. The normalized spacial score (nSPS) is 19.2. The summed E-state index contributed by atoms with van der Waals surface area (Å²) in [7, 11) is 0. The van der Waals surface area contributed by atoms with Crippen molar-refractivity contribution in [3.05, 3.63) is 11.8 Å². The zero-order chi connectivity index (χ0) is 18.4. The van der Waals surface area contributed by atoms with Crippen LogP contribution in [0.15, 0.2) is 11.8 Å². The Morgan fingerprint density at radius 1 is 1.21 bits per heavy atom. The first kappa shape index (κ1) is 20.3. The maximum atomic E-state index is 12.4. The van der Waals surface area contributed by atoms with E-state index >= 15 is 0 Å². The highest BCUT2D eigenvalue weighted by Gasteiger charge is 2.38. The van der Waals surface area contributed by atoms with Crippen LogP contribution in [0.1, 0.15) is 59.3 Å². The van der Waals surface area contributed by atoms with E-state index in [0.29, 0.717) is 19.3 Å². The molecule has 0 aromatic rings. The summed E-state index contributed by atoms with van der Waals surface area (Å²) in [4.78, 5) is 5.48. The first-order chi connectivity index (χ1) is 11.0. The predicted molar refractivity (Wildman–Crippen MR) is 83.0 cm³/mol. The Labute approximate surface area is 141 Å². The second-order valence-corrected chi connectivity index (χ2v) is 7.31. The molecule has 0 fully saturated rings. The van der Waals surface area contributed by atoms with Crippen molar-refractivity contribution in [1.82, 2.24) is 5.48 Å². The van der Waals surface area contributed by atoms with Crippen LogP contribution >= 0.6 is 0 Å². The van der Waals surface area contributed by atoms with Gasteiger partial charge in [-0.2, -0.15) is 23.7 Å². The molecule has 0 saturated heterocycles. The first-order valence-electron chi connectivity index (χ1n) is 8.01. The zero-order valence-corrected chi connectivity index (χ0v) is 14.3. The average Bonchev–Trinajstić information content (AvgIpc) is 2.49. The van der Waals surface area contributed by atoms with Crippen LogP contribution in [0.25, 0.3) is 0 Å². The molecule has 1 aliphatic carbocycles. The van der Waals surface area contributed by atoms with Crippen LogP contribution in [-0.2, 0) is 4.84 Å². The molecule has 1 rings (SSSR count). The van der Waals surface area contributed by atoms with E-state index in [-0.39, 0.29) is 17.9 Å². The van der Waals surface area contributed by atoms with Crippen molar-refractivity contribution in [2.75, 3.05) is 0 Å². The number of halogens is 3. The van der Waals surface area contributed by atoms with Gasteiger partial charge in [0.15, 0.2) is 0 Å². The van der Waals surface area contributed by atoms with Crippen LogP contribution in [-0.4, -0.2) is 11.8 Å². The molecule has 134 valence electrons. The standard InChI is InChI=1S/C17H24F3N3O/c1-15(2,3)24-23-14-6-4-13(5-7-14)10-16(11-21,12-22)8-9-17(18,19)20/h6,13,23H,4-5,7-10H2,1-3H3. The van der Waals surface area contributed by atoms with E-state index in [4.69, 9.17) is 4.84 Å². The minimum Gasteiger partial charge on any atom is -0.271 e. The van der Waals surface area contributed by atoms with Gasteiger partial charge in [0.05, 0.1) is 17.7 Å². The van der Waals surface area contributed by atoms with Gasteiger partial charge in [-0.15, -0.1) is 0 Å². The molecule has 0 amide bonds. The van der Waals surface area contributed by atoms with E-state index < -0.39 is 24.4 Å². The van der Waals surface area contributed by atoms with Gasteiger partial charge in [0.1, 0.15) is 5.41 Å². The minimum absolute atomic E-state index is 0.0257. The molecule has 0 aromatic carbocycles. The molecular weight excluding hydrogens is 319 g/mol. The Kier molecular flexibility index (Phi) is 6.68. The third kappa shape index (κ3) is 7.23. The van der Waals surface area contributed by atoms with Crippen LogP contribution in [0.5, 0.6) is 0 Å². The molecule has 0 bridgehead atoms. The van der Waals surface area contributed by atoms with Gasteiger partial charge in [-0.3, -0.25) is 10.3 Å². The van der Waals surface area contributed by atoms with Crippen LogP contribution in [0, 0.1) is 34.0 Å². The van der Waals surface area contributed by atoms with E-state index in [1.54, 1.807) is 0 Å². The summed E-state index contributed by atoms with van der Waals surface area (Å²) >= 11 is 0. The number of hydroxylamine groups is 1. The highest BCUT2D eigenvalue weighted by atomic mass is 19.4. The Balaban J connectivity index is 2.60. The Morgan fingerprint density at radius 2 is 1.83 bits per heavy atom. The Bertz CT molecular complexity index is 521. The van der Waals surface area contributed by atoms with Gasteiger partial charge >= 0.3 is 6.18 Å². The van der Waals surface area contributed by atoms with Gasteiger partial charge in [-0.1, -0.05) is 6.08 Å². The van der Waals surface area contributed by atoms with E-state index in [2.05, 4.69) is 5.48 Å². The van der Waals surface area contributed by atoms with Gasteiger partial charge in [0.2, 0.25) is 0 Å². The van der Waals surface area contributed by atoms with Gasteiger partial charge in [-0.05, 0) is 58.8 Å². The zero-order valence-electron chi connectivity index (χ0n) is 14.3. The lowest BCUT2D eigenvalue weighted by atomic mass is 9.74. The van der Waals surface area contributed by atoms with Crippen LogP contribution in [0.2, 0.25) is 0 Å². The molecule has 0 saturated carbocycles. The number of alkyl halides is 3. The van der Waals surface area contributed by atoms with E-state index in [1.807, 2.05) is 39.0 Å². The van der Waals surface area contributed by atoms with Crippen molar-refractivity contribution < 1.29 is 18.0 Å². The van der Waals surface area contributed by atoms with Gasteiger partial charge in [-0.25, -0.2) is 0 Å². The maximum absolute atomic E-state index is 12.4. The summed E-state index contributed by atoms with van der Waals surface area (Å²) in [6, 6.07) is 3.64. The first-order valence-corrected chi connectivity index (χ1v) is 8.01. The molecule has 0 spiro atoms. The summed E-state index contributed by atoms with van der Waals surface area (Å²) in [6.45, 7) is 5.75. The monoisotopic (exact) mass is 343 g/mol. The molecule has 1 aliphatic rings. The Morgan fingerprint density at radius 3 is 2.25 bits per heavy atom. The number of allylic oxidation sites excluding steroid dienone is 2. The molecule has 7 heteroatoms. The second kappa shape index (κ2) is 7.90. The summed E-state index contributed by atoms with van der Waals surface area (Å²) in [6.07, 6.45) is -1.82. The molecule has 24 heavy (non-hydrogen) atoms. The van der Waals surface area contributed by atoms with Crippen molar-refractivity contribution in [2.45, 2.75) is 71.1 Å². The third-order valence-electron chi connectivity index (χ3n) is 3.91. The van der Waals surface area contributed by atoms with Crippen molar-refractivity contribution >= 4 is 0 Å². The predicted octanol–water partition coefficient (Wildman–Crippen LogP) is 4.76. The molecule has 1 N–H and O–H groups in total. The van der Waals surface area contributed by atoms with Crippen molar-refractivity contribution in [3.63, 3.8) is 0 Å². The summed E-state index contributed by atoms with van der Waals surface area (Å²) in [5.74, 6) is 0.0257. The van der Waals surface area contributed by atoms with Gasteiger partial charge < -0.3 is 0 Å². The smallest absolute Gasteiger partial charge is 0.271 e. The summed E-state index contributed by atoms with van der Waals surface area (Å²) in [5, 5.41) is 18.5. The maximum Gasteiger partial charge on any atom is 0.389 e. The molecule has 1 atom stereocenters. The Hall–Kier alpha value is -1.73. The lowest BCUT2D eigenvalue weighted by molar-refractivity contribution is -0.138. The second-order valence-electron chi connectivity index (χ2n) is 7.31. The fraction of sp³-hybridized carbons (Fsp3) is 0.765. The van der Waals surface area contributed by atoms with Gasteiger partial charge in [0.25, 0.3) is 0 Å². The highest BCUT2D eigenvalue weighted by molar-refractivity contribution is 5.15. The van der Waals surface area contributed by atoms with Crippen molar-refractivity contribution in [2.24, 2.45) is 11.3 Å². The van der Waals surface area contributed by atoms with E-state index in [9.17, 15) is 23.7 Å². The fourth-order valence-corrected chi connectivity index (χ4v) is 2.56. The number of nitrogens with zero attached hydrogens (tertiary/aromatic N) is 2. The van der Waals surface area contributed by atoms with Crippen LogP contribution < -0.4 is 5.48 Å². The number of rotatable bonds is 6. The average molecular weight is 343 g/mol. The highest BCUT2D eigenvalue weighted by Crippen LogP contribution is 2.39. The summed E-state index contributed by atoms with van der Waals surface area (Å²) < 4.78 is 37.3.